The third-order valence-corrected chi connectivity index (χ3v) is 3.60. The van der Waals surface area contributed by atoms with E-state index in [9.17, 15) is 0 Å². The number of anilines is 1. The smallest absolute Gasteiger partial charge is 0.138 e. The maximum atomic E-state index is 5.48. The van der Waals surface area contributed by atoms with Gasteiger partial charge < -0.3 is 15.4 Å². The Balaban J connectivity index is 1.54. The van der Waals surface area contributed by atoms with Gasteiger partial charge in [0.1, 0.15) is 12.7 Å². The Morgan fingerprint density at radius 2 is 2.29 bits per heavy atom. The highest BCUT2D eigenvalue weighted by Gasteiger charge is 2.16. The van der Waals surface area contributed by atoms with Crippen LogP contribution in [0.3, 0.4) is 0 Å². The predicted molar refractivity (Wildman–Crippen MR) is 81.7 cm³/mol. The fraction of sp³-hybridized carbons (Fsp3) is 0.467. The second-order valence-electron chi connectivity index (χ2n) is 5.39. The van der Waals surface area contributed by atoms with Gasteiger partial charge in [-0.15, -0.1) is 0 Å². The van der Waals surface area contributed by atoms with Gasteiger partial charge in [-0.2, -0.15) is 5.10 Å². The summed E-state index contributed by atoms with van der Waals surface area (Å²) in [5.41, 5.74) is 2.12. The second kappa shape index (κ2) is 6.69. The molecule has 2 N–H and O–H groups in total. The number of nitrogens with zero attached hydrogens (tertiary/aromatic N) is 3. The molecule has 0 radical (unpaired) electrons. The van der Waals surface area contributed by atoms with E-state index >= 15 is 0 Å². The van der Waals surface area contributed by atoms with Crippen molar-refractivity contribution in [2.75, 3.05) is 25.1 Å². The van der Waals surface area contributed by atoms with Crippen LogP contribution in [-0.4, -0.2) is 46.6 Å². The Hall–Kier alpha value is -1.92. The Morgan fingerprint density at radius 3 is 2.95 bits per heavy atom. The van der Waals surface area contributed by atoms with Crippen molar-refractivity contribution in [1.29, 1.82) is 0 Å². The minimum absolute atomic E-state index is 0.390. The van der Waals surface area contributed by atoms with E-state index in [2.05, 4.69) is 39.8 Å². The lowest BCUT2D eigenvalue weighted by Crippen LogP contribution is -2.43. The van der Waals surface area contributed by atoms with Crippen LogP contribution in [0.25, 0.3) is 5.69 Å². The Labute approximate surface area is 124 Å². The molecule has 3 rings (SSSR count). The third kappa shape index (κ3) is 3.80. The molecule has 2 unspecified atom stereocenters. The Morgan fingerprint density at radius 1 is 1.43 bits per heavy atom. The third-order valence-electron chi connectivity index (χ3n) is 3.60. The summed E-state index contributed by atoms with van der Waals surface area (Å²) in [5, 5.41) is 11.1. The van der Waals surface area contributed by atoms with Crippen LogP contribution in [0.15, 0.2) is 36.9 Å². The first-order valence-electron chi connectivity index (χ1n) is 7.34. The fourth-order valence-corrected chi connectivity index (χ4v) is 2.59. The topological polar surface area (TPSA) is 64.0 Å². The molecule has 1 saturated heterocycles. The zero-order chi connectivity index (χ0) is 14.5. The van der Waals surface area contributed by atoms with Crippen molar-refractivity contribution in [2.45, 2.75) is 25.4 Å². The average molecular weight is 287 g/mol. The molecule has 1 fully saturated rings. The van der Waals surface area contributed by atoms with Crippen LogP contribution >= 0.6 is 0 Å². The minimum atomic E-state index is 0.390. The van der Waals surface area contributed by atoms with E-state index in [4.69, 9.17) is 4.74 Å². The monoisotopic (exact) mass is 287 g/mol. The van der Waals surface area contributed by atoms with Crippen molar-refractivity contribution in [3.8, 4) is 5.69 Å². The predicted octanol–water partition coefficient (Wildman–Crippen LogP) is 1.45. The van der Waals surface area contributed by atoms with E-state index in [1.165, 1.54) is 6.33 Å². The van der Waals surface area contributed by atoms with E-state index in [1.54, 1.807) is 11.0 Å². The first-order chi connectivity index (χ1) is 10.3. The molecule has 2 aromatic rings. The van der Waals surface area contributed by atoms with Crippen LogP contribution in [0.2, 0.25) is 0 Å². The lowest BCUT2D eigenvalue weighted by Gasteiger charge is -2.27. The number of aromatic nitrogens is 3. The maximum Gasteiger partial charge on any atom is 0.138 e. The van der Waals surface area contributed by atoms with Gasteiger partial charge in [-0.05, 0) is 37.6 Å². The molecular weight excluding hydrogens is 266 g/mol. The zero-order valence-electron chi connectivity index (χ0n) is 12.2. The van der Waals surface area contributed by atoms with Gasteiger partial charge >= 0.3 is 0 Å². The van der Waals surface area contributed by atoms with Crippen molar-refractivity contribution in [1.82, 2.24) is 20.1 Å². The Kier molecular flexibility index (Phi) is 4.47. The molecule has 21 heavy (non-hydrogen) atoms. The van der Waals surface area contributed by atoms with E-state index in [-0.39, 0.29) is 0 Å². The van der Waals surface area contributed by atoms with Gasteiger partial charge in [0.2, 0.25) is 0 Å². The number of nitrogens with one attached hydrogen (secondary N) is 2. The summed E-state index contributed by atoms with van der Waals surface area (Å²) in [5.74, 6) is 0. The summed E-state index contributed by atoms with van der Waals surface area (Å²) >= 11 is 0. The van der Waals surface area contributed by atoms with Crippen molar-refractivity contribution >= 4 is 5.69 Å². The highest BCUT2D eigenvalue weighted by molar-refractivity contribution is 5.48. The summed E-state index contributed by atoms with van der Waals surface area (Å²) in [7, 11) is 0. The number of benzene rings is 1. The number of hydrogen-bond acceptors (Lipinski definition) is 5. The second-order valence-corrected chi connectivity index (χ2v) is 5.39. The summed E-state index contributed by atoms with van der Waals surface area (Å²) in [6, 6.07) is 9.03. The first kappa shape index (κ1) is 14.0. The standard InChI is InChI=1S/C15H21N5O/c1-12(8-14-9-21-7-6-17-14)19-13-2-4-15(5-3-13)20-11-16-10-18-20/h2-5,10-12,14,17,19H,6-9H2,1H3. The number of rotatable bonds is 5. The summed E-state index contributed by atoms with van der Waals surface area (Å²) in [6.07, 6.45) is 4.28. The molecule has 1 aromatic carbocycles. The maximum absolute atomic E-state index is 5.48. The van der Waals surface area contributed by atoms with Crippen molar-refractivity contribution < 1.29 is 4.74 Å². The molecule has 1 aromatic heterocycles. The summed E-state index contributed by atoms with van der Waals surface area (Å²) in [6.45, 7) is 4.77. The highest BCUT2D eigenvalue weighted by Crippen LogP contribution is 2.15. The average Bonchev–Trinajstić information content (AvgIpc) is 3.03. The van der Waals surface area contributed by atoms with E-state index in [0.29, 0.717) is 12.1 Å². The molecule has 6 heteroatoms. The van der Waals surface area contributed by atoms with Gasteiger partial charge in [0.15, 0.2) is 0 Å². The molecule has 0 spiro atoms. The van der Waals surface area contributed by atoms with E-state index < -0.39 is 0 Å². The lowest BCUT2D eigenvalue weighted by atomic mass is 10.1. The van der Waals surface area contributed by atoms with E-state index in [0.717, 1.165) is 37.6 Å². The molecule has 1 aliphatic rings. The van der Waals surface area contributed by atoms with Gasteiger partial charge in [0, 0.05) is 24.3 Å². The number of hydrogen-bond donors (Lipinski definition) is 2. The molecule has 6 nitrogen and oxygen atoms in total. The SMILES string of the molecule is CC(CC1COCCN1)Nc1ccc(-n2cncn2)cc1. The molecule has 0 aliphatic carbocycles. The summed E-state index contributed by atoms with van der Waals surface area (Å²) < 4.78 is 7.23. The highest BCUT2D eigenvalue weighted by atomic mass is 16.5. The Bertz CT molecular complexity index is 534. The van der Waals surface area contributed by atoms with Crippen LogP contribution < -0.4 is 10.6 Å². The van der Waals surface area contributed by atoms with Gasteiger partial charge in [-0.1, -0.05) is 0 Å². The molecule has 0 bridgehead atoms. The van der Waals surface area contributed by atoms with Gasteiger partial charge in [-0.25, -0.2) is 9.67 Å². The van der Waals surface area contributed by atoms with Crippen molar-refractivity contribution in [3.05, 3.63) is 36.9 Å². The molecule has 0 saturated carbocycles. The lowest BCUT2D eigenvalue weighted by molar-refractivity contribution is 0.0731. The molecule has 112 valence electrons. The van der Waals surface area contributed by atoms with Crippen molar-refractivity contribution in [3.63, 3.8) is 0 Å². The van der Waals surface area contributed by atoms with Crippen LogP contribution in [-0.2, 0) is 4.74 Å². The number of ether oxygens (including phenoxy) is 1. The van der Waals surface area contributed by atoms with E-state index in [1.807, 2.05) is 12.1 Å². The largest absolute Gasteiger partial charge is 0.383 e. The molecular formula is C15H21N5O. The summed E-state index contributed by atoms with van der Waals surface area (Å²) in [4.78, 5) is 3.95. The van der Waals surface area contributed by atoms with Crippen molar-refractivity contribution in [2.24, 2.45) is 0 Å². The minimum Gasteiger partial charge on any atom is -0.383 e. The molecule has 2 heterocycles. The fourth-order valence-electron chi connectivity index (χ4n) is 2.59. The van der Waals surface area contributed by atoms with Crippen LogP contribution in [0, 0.1) is 0 Å². The molecule has 2 atom stereocenters. The van der Waals surface area contributed by atoms with Gasteiger partial charge in [0.05, 0.1) is 18.9 Å². The van der Waals surface area contributed by atoms with Gasteiger partial charge in [-0.3, -0.25) is 0 Å². The molecule has 1 aliphatic heterocycles. The normalized spacial score (nSPS) is 20.1. The molecule has 0 amide bonds. The van der Waals surface area contributed by atoms with Crippen LogP contribution in [0.1, 0.15) is 13.3 Å². The zero-order valence-corrected chi connectivity index (χ0v) is 12.2. The quantitative estimate of drug-likeness (QED) is 0.871. The first-order valence-corrected chi connectivity index (χ1v) is 7.34. The van der Waals surface area contributed by atoms with Crippen LogP contribution in [0.5, 0.6) is 0 Å². The van der Waals surface area contributed by atoms with Gasteiger partial charge in [0.25, 0.3) is 0 Å². The van der Waals surface area contributed by atoms with Crippen LogP contribution in [0.4, 0.5) is 5.69 Å². The number of morpholine rings is 1.